The molecule has 2 amide bonds. The van der Waals surface area contributed by atoms with E-state index in [1.54, 1.807) is 12.1 Å². The molecule has 1 aromatic carbocycles. The molecular weight excluding hydrogens is 310 g/mol. The minimum Gasteiger partial charge on any atom is -0.273 e. The Kier molecular flexibility index (Phi) is 2.08. The fourth-order valence-electron chi connectivity index (χ4n) is 2.92. The first-order chi connectivity index (χ1) is 9.12. The molecule has 0 radical (unpaired) electrons. The summed E-state index contributed by atoms with van der Waals surface area (Å²) in [6.07, 6.45) is 1.73. The Morgan fingerprint density at radius 2 is 1.84 bits per heavy atom. The van der Waals surface area contributed by atoms with Gasteiger partial charge in [0.15, 0.2) is 6.04 Å². The first-order valence-corrected chi connectivity index (χ1v) is 6.97. The number of carbonyl (C=O) groups excluding carboxylic acids is 2. The van der Waals surface area contributed by atoms with Gasteiger partial charge in [-0.1, -0.05) is 15.9 Å². The van der Waals surface area contributed by atoms with Gasteiger partial charge in [0.1, 0.15) is 0 Å². The van der Waals surface area contributed by atoms with Crippen LogP contribution in [0.3, 0.4) is 0 Å². The van der Waals surface area contributed by atoms with Gasteiger partial charge < -0.3 is 0 Å². The number of hydrogen-bond donors (Lipinski definition) is 0. The lowest BCUT2D eigenvalue weighted by atomic mass is 9.94. The third kappa shape index (κ3) is 1.40. The Balaban J connectivity index is 1.75. The molecule has 0 unspecified atom stereocenters. The summed E-state index contributed by atoms with van der Waals surface area (Å²) in [4.78, 5) is 26.1. The lowest BCUT2D eigenvalue weighted by Gasteiger charge is -2.16. The van der Waals surface area contributed by atoms with Crippen molar-refractivity contribution in [2.45, 2.75) is 24.4 Å². The fraction of sp³-hybridized carbons (Fsp3) is 0.385. The third-order valence-electron chi connectivity index (χ3n) is 4.08. The van der Waals surface area contributed by atoms with Gasteiger partial charge in [0.05, 0.1) is 17.1 Å². The molecular formula is C13H10BrN3O2. The highest BCUT2D eigenvalue weighted by atomic mass is 79.9. The Bertz CT molecular complexity index is 621. The molecule has 0 N–H and O–H groups in total. The molecule has 0 bridgehead atoms. The van der Waals surface area contributed by atoms with E-state index in [4.69, 9.17) is 0 Å². The smallest absolute Gasteiger partial charge is 0.261 e. The van der Waals surface area contributed by atoms with Crippen molar-refractivity contribution < 1.29 is 9.59 Å². The van der Waals surface area contributed by atoms with Gasteiger partial charge in [0, 0.05) is 4.47 Å². The van der Waals surface area contributed by atoms with Crippen LogP contribution in [0, 0.1) is 5.92 Å². The number of anilines is 1. The fourth-order valence-corrected chi connectivity index (χ4v) is 3.18. The molecule has 2 heterocycles. The highest BCUT2D eigenvalue weighted by Gasteiger charge is 2.67. The maximum absolute atomic E-state index is 12.5. The van der Waals surface area contributed by atoms with Gasteiger partial charge in [-0.2, -0.15) is 10.2 Å². The quantitative estimate of drug-likeness (QED) is 0.746. The molecule has 1 aliphatic carbocycles. The molecule has 96 valence electrons. The van der Waals surface area contributed by atoms with Gasteiger partial charge in [-0.25, -0.2) is 4.90 Å². The Labute approximate surface area is 117 Å². The SMILES string of the molecule is O=C1[C@@H]2[C@@H](N=NC23CC3)C(=O)N1c1ccc(Br)cc1. The number of halogens is 1. The Morgan fingerprint density at radius 3 is 2.47 bits per heavy atom. The molecule has 4 rings (SSSR count). The minimum atomic E-state index is -0.598. The third-order valence-corrected chi connectivity index (χ3v) is 4.61. The summed E-state index contributed by atoms with van der Waals surface area (Å²) in [5.74, 6) is -0.770. The van der Waals surface area contributed by atoms with E-state index in [-0.39, 0.29) is 23.3 Å². The molecule has 1 saturated carbocycles. The molecule has 2 aliphatic heterocycles. The number of benzene rings is 1. The minimum absolute atomic E-state index is 0.153. The van der Waals surface area contributed by atoms with Gasteiger partial charge in [-0.05, 0) is 37.1 Å². The topological polar surface area (TPSA) is 62.1 Å². The average molecular weight is 320 g/mol. The van der Waals surface area contributed by atoms with E-state index in [1.165, 1.54) is 4.90 Å². The van der Waals surface area contributed by atoms with Crippen molar-refractivity contribution in [2.75, 3.05) is 4.90 Å². The van der Waals surface area contributed by atoms with E-state index >= 15 is 0 Å². The zero-order chi connectivity index (χ0) is 13.2. The van der Waals surface area contributed by atoms with Crippen molar-refractivity contribution in [3.05, 3.63) is 28.7 Å². The second-order valence-electron chi connectivity index (χ2n) is 5.23. The molecule has 2 fully saturated rings. The van der Waals surface area contributed by atoms with Crippen LogP contribution in [0.1, 0.15) is 12.8 Å². The summed E-state index contributed by atoms with van der Waals surface area (Å²) in [7, 11) is 0. The number of hydrogen-bond acceptors (Lipinski definition) is 4. The van der Waals surface area contributed by atoms with Crippen molar-refractivity contribution in [3.63, 3.8) is 0 Å². The second-order valence-corrected chi connectivity index (χ2v) is 6.15. The molecule has 1 aromatic rings. The van der Waals surface area contributed by atoms with Crippen molar-refractivity contribution >= 4 is 33.4 Å². The number of rotatable bonds is 1. The highest BCUT2D eigenvalue weighted by molar-refractivity contribution is 9.10. The Hall–Kier alpha value is -1.56. The van der Waals surface area contributed by atoms with Crippen LogP contribution < -0.4 is 4.90 Å². The Morgan fingerprint density at radius 1 is 1.16 bits per heavy atom. The van der Waals surface area contributed by atoms with E-state index in [0.717, 1.165) is 17.3 Å². The van der Waals surface area contributed by atoms with Crippen LogP contribution in [-0.2, 0) is 9.59 Å². The average Bonchev–Trinajstić information content (AvgIpc) is 2.98. The van der Waals surface area contributed by atoms with Crippen molar-refractivity contribution in [1.29, 1.82) is 0 Å². The summed E-state index contributed by atoms with van der Waals surface area (Å²) < 4.78 is 0.911. The van der Waals surface area contributed by atoms with Gasteiger partial charge in [0.2, 0.25) is 5.91 Å². The van der Waals surface area contributed by atoms with Crippen LogP contribution >= 0.6 is 15.9 Å². The highest BCUT2D eigenvalue weighted by Crippen LogP contribution is 2.55. The van der Waals surface area contributed by atoms with E-state index in [1.807, 2.05) is 12.1 Å². The summed E-state index contributed by atoms with van der Waals surface area (Å²) in [5.41, 5.74) is 0.250. The molecule has 6 heteroatoms. The summed E-state index contributed by atoms with van der Waals surface area (Å²) in [6, 6.07) is 6.56. The van der Waals surface area contributed by atoms with Gasteiger partial charge in [0.25, 0.3) is 5.91 Å². The molecule has 3 aliphatic rings. The van der Waals surface area contributed by atoms with E-state index < -0.39 is 6.04 Å². The second kappa shape index (κ2) is 3.50. The molecule has 1 saturated heterocycles. The molecule has 19 heavy (non-hydrogen) atoms. The van der Waals surface area contributed by atoms with Gasteiger partial charge >= 0.3 is 0 Å². The van der Waals surface area contributed by atoms with E-state index in [0.29, 0.717) is 5.69 Å². The van der Waals surface area contributed by atoms with Gasteiger partial charge in [-0.15, -0.1) is 0 Å². The molecule has 5 nitrogen and oxygen atoms in total. The van der Waals surface area contributed by atoms with Crippen LogP contribution in [0.5, 0.6) is 0 Å². The molecule has 1 spiro atoms. The van der Waals surface area contributed by atoms with E-state index in [2.05, 4.69) is 26.2 Å². The van der Waals surface area contributed by atoms with Crippen LogP contribution in [0.2, 0.25) is 0 Å². The maximum Gasteiger partial charge on any atom is 0.261 e. The standard InChI is InChI=1S/C13H10BrN3O2/c14-7-1-3-8(4-2-7)17-11(18)9-10(12(17)19)15-16-13(9)5-6-13/h1-4,9-10H,5-6H2/t9-,10+/m0/s1. The number of imide groups is 1. The number of azo groups is 1. The van der Waals surface area contributed by atoms with E-state index in [9.17, 15) is 9.59 Å². The summed E-state index contributed by atoms with van der Waals surface area (Å²) in [5, 5.41) is 8.20. The predicted molar refractivity (Wildman–Crippen MR) is 70.7 cm³/mol. The largest absolute Gasteiger partial charge is 0.273 e. The van der Waals surface area contributed by atoms with Crippen molar-refractivity contribution in [2.24, 2.45) is 16.1 Å². The first kappa shape index (κ1) is 11.3. The predicted octanol–water partition coefficient (Wildman–Crippen LogP) is 2.31. The zero-order valence-electron chi connectivity index (χ0n) is 9.91. The zero-order valence-corrected chi connectivity index (χ0v) is 11.5. The number of fused-ring (bicyclic) bond motifs is 2. The molecule has 2 atom stereocenters. The maximum atomic E-state index is 12.5. The monoisotopic (exact) mass is 319 g/mol. The lowest BCUT2D eigenvalue weighted by Crippen LogP contribution is -2.33. The van der Waals surface area contributed by atoms with Crippen LogP contribution in [-0.4, -0.2) is 23.4 Å². The molecule has 0 aromatic heterocycles. The first-order valence-electron chi connectivity index (χ1n) is 6.18. The summed E-state index contributed by atoms with van der Waals surface area (Å²) >= 11 is 3.34. The number of nitrogens with zero attached hydrogens (tertiary/aromatic N) is 3. The van der Waals surface area contributed by atoms with Crippen LogP contribution in [0.4, 0.5) is 5.69 Å². The van der Waals surface area contributed by atoms with Gasteiger partial charge in [-0.3, -0.25) is 9.59 Å². The normalized spacial score (nSPS) is 30.3. The van der Waals surface area contributed by atoms with Crippen LogP contribution in [0.15, 0.2) is 39.0 Å². The van der Waals surface area contributed by atoms with Crippen molar-refractivity contribution in [3.8, 4) is 0 Å². The number of carbonyl (C=O) groups is 2. The lowest BCUT2D eigenvalue weighted by molar-refractivity contribution is -0.122. The summed E-state index contributed by atoms with van der Waals surface area (Å²) in [6.45, 7) is 0. The van der Waals surface area contributed by atoms with Crippen LogP contribution in [0.25, 0.3) is 0 Å². The van der Waals surface area contributed by atoms with Crippen molar-refractivity contribution in [1.82, 2.24) is 0 Å². The number of amides is 2.